The Labute approximate surface area is 135 Å². The first-order valence-corrected chi connectivity index (χ1v) is 7.56. The maximum absolute atomic E-state index is 12.2. The number of carbonyl (C=O) groups is 1. The van der Waals surface area contributed by atoms with Crippen LogP contribution in [0.3, 0.4) is 0 Å². The zero-order valence-electron chi connectivity index (χ0n) is 11.1. The highest BCUT2D eigenvalue weighted by molar-refractivity contribution is 14.1. The van der Waals surface area contributed by atoms with Crippen LogP contribution < -0.4 is 0 Å². The van der Waals surface area contributed by atoms with Crippen LogP contribution in [0, 0.1) is 3.70 Å². The minimum absolute atomic E-state index is 0.0260. The van der Waals surface area contributed by atoms with Gasteiger partial charge in [-0.2, -0.15) is 0 Å². The minimum Gasteiger partial charge on any atom is -0.292 e. The maximum Gasteiger partial charge on any atom is 0.184 e. The van der Waals surface area contributed by atoms with Crippen molar-refractivity contribution in [1.29, 1.82) is 0 Å². The molecule has 0 saturated carbocycles. The van der Waals surface area contributed by atoms with E-state index in [2.05, 4.69) is 32.9 Å². The lowest BCUT2D eigenvalue weighted by Gasteiger charge is -2.02. The molecular weight excluding hydrogens is 377 g/mol. The average molecular weight is 389 g/mol. The zero-order chi connectivity index (χ0) is 14.7. The molecule has 0 radical (unpaired) electrons. The minimum atomic E-state index is 0.0260. The standard InChI is InChI=1S/C16H12IN3O/c17-16-15(13-9-5-2-6-10-13)18-19-20(16)11-14(21)12-7-3-1-4-8-12/h1-10H,11H2. The second-order valence-corrected chi connectivity index (χ2v) is 5.56. The fourth-order valence-corrected chi connectivity index (χ4v) is 2.71. The van der Waals surface area contributed by atoms with E-state index in [0.717, 1.165) is 15.0 Å². The van der Waals surface area contributed by atoms with Crippen LogP contribution in [-0.2, 0) is 6.54 Å². The molecule has 1 aromatic heterocycles. The SMILES string of the molecule is O=C(Cn1nnc(-c2ccccc2)c1I)c1ccccc1. The Morgan fingerprint density at radius 2 is 1.62 bits per heavy atom. The molecule has 0 N–H and O–H groups in total. The number of rotatable bonds is 4. The number of ketones is 1. The van der Waals surface area contributed by atoms with Crippen molar-refractivity contribution in [2.24, 2.45) is 0 Å². The fourth-order valence-electron chi connectivity index (χ4n) is 2.03. The first-order chi connectivity index (χ1) is 10.3. The molecule has 1 heterocycles. The van der Waals surface area contributed by atoms with E-state index in [1.54, 1.807) is 4.68 Å². The van der Waals surface area contributed by atoms with Crippen LogP contribution in [0.5, 0.6) is 0 Å². The van der Waals surface area contributed by atoms with Gasteiger partial charge in [0.1, 0.15) is 15.9 Å². The van der Waals surface area contributed by atoms with Crippen molar-refractivity contribution < 1.29 is 4.79 Å². The fraction of sp³-hybridized carbons (Fsp3) is 0.0625. The van der Waals surface area contributed by atoms with Crippen molar-refractivity contribution in [3.8, 4) is 11.3 Å². The van der Waals surface area contributed by atoms with Gasteiger partial charge in [-0.1, -0.05) is 65.9 Å². The zero-order valence-corrected chi connectivity index (χ0v) is 13.3. The van der Waals surface area contributed by atoms with Gasteiger partial charge in [0, 0.05) is 11.1 Å². The first-order valence-electron chi connectivity index (χ1n) is 6.48. The summed E-state index contributed by atoms with van der Waals surface area (Å²) in [5.74, 6) is 0.0260. The van der Waals surface area contributed by atoms with Crippen LogP contribution in [-0.4, -0.2) is 20.8 Å². The van der Waals surface area contributed by atoms with Gasteiger partial charge >= 0.3 is 0 Å². The molecule has 3 aromatic rings. The van der Waals surface area contributed by atoms with Crippen LogP contribution in [0.15, 0.2) is 60.7 Å². The number of nitrogens with zero attached hydrogens (tertiary/aromatic N) is 3. The molecule has 4 nitrogen and oxygen atoms in total. The van der Waals surface area contributed by atoms with Crippen LogP contribution in [0.25, 0.3) is 11.3 Å². The number of hydrogen-bond acceptors (Lipinski definition) is 3. The van der Waals surface area contributed by atoms with Crippen molar-refractivity contribution in [2.45, 2.75) is 6.54 Å². The van der Waals surface area contributed by atoms with E-state index in [9.17, 15) is 4.79 Å². The molecule has 0 saturated heterocycles. The van der Waals surface area contributed by atoms with Gasteiger partial charge in [0.05, 0.1) is 0 Å². The van der Waals surface area contributed by atoms with E-state index in [0.29, 0.717) is 5.56 Å². The van der Waals surface area contributed by atoms with Crippen molar-refractivity contribution in [3.63, 3.8) is 0 Å². The lowest BCUT2D eigenvalue weighted by Crippen LogP contribution is -2.13. The summed E-state index contributed by atoms with van der Waals surface area (Å²) in [5, 5.41) is 8.28. The van der Waals surface area contributed by atoms with E-state index in [-0.39, 0.29) is 12.3 Å². The molecule has 0 aliphatic heterocycles. The van der Waals surface area contributed by atoms with E-state index < -0.39 is 0 Å². The first kappa shape index (κ1) is 13.9. The number of benzene rings is 2. The smallest absolute Gasteiger partial charge is 0.184 e. The highest BCUT2D eigenvalue weighted by Gasteiger charge is 2.15. The van der Waals surface area contributed by atoms with Gasteiger partial charge in [0.25, 0.3) is 0 Å². The third-order valence-corrected chi connectivity index (χ3v) is 4.18. The predicted octanol–water partition coefficient (Wildman–Crippen LogP) is 3.43. The summed E-state index contributed by atoms with van der Waals surface area (Å²) in [6, 6.07) is 19.1. The van der Waals surface area contributed by atoms with Crippen molar-refractivity contribution in [2.75, 3.05) is 0 Å². The highest BCUT2D eigenvalue weighted by Crippen LogP contribution is 2.22. The lowest BCUT2D eigenvalue weighted by atomic mass is 10.1. The monoisotopic (exact) mass is 389 g/mol. The quantitative estimate of drug-likeness (QED) is 0.508. The summed E-state index contributed by atoms with van der Waals surface area (Å²) < 4.78 is 2.50. The van der Waals surface area contributed by atoms with Gasteiger partial charge in [-0.05, 0) is 22.6 Å². The van der Waals surface area contributed by atoms with Gasteiger partial charge in [-0.15, -0.1) is 5.10 Å². The van der Waals surface area contributed by atoms with E-state index in [1.165, 1.54) is 0 Å². The molecule has 104 valence electrons. The van der Waals surface area contributed by atoms with Gasteiger partial charge in [-0.25, -0.2) is 4.68 Å². The predicted molar refractivity (Wildman–Crippen MR) is 88.9 cm³/mol. The molecule has 2 aromatic carbocycles. The molecule has 5 heteroatoms. The van der Waals surface area contributed by atoms with Crippen LogP contribution >= 0.6 is 22.6 Å². The molecule has 0 bridgehead atoms. The Bertz CT molecular complexity index is 754. The Hall–Kier alpha value is -2.02. The van der Waals surface area contributed by atoms with E-state index in [1.807, 2.05) is 60.7 Å². The van der Waals surface area contributed by atoms with Crippen molar-refractivity contribution in [3.05, 3.63) is 69.9 Å². The van der Waals surface area contributed by atoms with Crippen LogP contribution in [0.2, 0.25) is 0 Å². The molecule has 3 rings (SSSR count). The van der Waals surface area contributed by atoms with Gasteiger partial charge in [-0.3, -0.25) is 4.79 Å². The largest absolute Gasteiger partial charge is 0.292 e. The highest BCUT2D eigenvalue weighted by atomic mass is 127. The van der Waals surface area contributed by atoms with Gasteiger partial charge in [0.15, 0.2) is 5.78 Å². The number of hydrogen-bond donors (Lipinski definition) is 0. The molecule has 0 aliphatic rings. The molecule has 0 spiro atoms. The maximum atomic E-state index is 12.2. The summed E-state index contributed by atoms with van der Waals surface area (Å²) in [4.78, 5) is 12.2. The summed E-state index contributed by atoms with van der Waals surface area (Å²) in [7, 11) is 0. The molecule has 21 heavy (non-hydrogen) atoms. The Balaban J connectivity index is 1.85. The second kappa shape index (κ2) is 6.17. The van der Waals surface area contributed by atoms with Crippen molar-refractivity contribution >= 4 is 28.4 Å². The third-order valence-electron chi connectivity index (χ3n) is 3.11. The normalized spacial score (nSPS) is 10.5. The second-order valence-electron chi connectivity index (χ2n) is 4.54. The van der Waals surface area contributed by atoms with E-state index in [4.69, 9.17) is 0 Å². The van der Waals surface area contributed by atoms with Crippen molar-refractivity contribution in [1.82, 2.24) is 15.0 Å². The molecular formula is C16H12IN3O. The number of aromatic nitrogens is 3. The molecule has 0 fully saturated rings. The Morgan fingerprint density at radius 1 is 1.00 bits per heavy atom. The molecule has 0 amide bonds. The van der Waals surface area contributed by atoms with Crippen LogP contribution in [0.4, 0.5) is 0 Å². The summed E-state index contributed by atoms with van der Waals surface area (Å²) in [5.41, 5.74) is 2.49. The molecule has 0 atom stereocenters. The Morgan fingerprint density at radius 3 is 2.29 bits per heavy atom. The summed E-state index contributed by atoms with van der Waals surface area (Å²) >= 11 is 2.18. The third kappa shape index (κ3) is 3.02. The number of halogens is 1. The lowest BCUT2D eigenvalue weighted by molar-refractivity contribution is 0.0966. The Kier molecular flexibility index (Phi) is 4.10. The average Bonchev–Trinajstić information content (AvgIpc) is 2.90. The van der Waals surface area contributed by atoms with E-state index >= 15 is 0 Å². The van der Waals surface area contributed by atoms with Gasteiger partial charge < -0.3 is 0 Å². The number of carbonyl (C=O) groups excluding carboxylic acids is 1. The molecule has 0 aliphatic carbocycles. The summed E-state index contributed by atoms with van der Waals surface area (Å²) in [6.45, 7) is 0.197. The van der Waals surface area contributed by atoms with Crippen LogP contribution in [0.1, 0.15) is 10.4 Å². The summed E-state index contributed by atoms with van der Waals surface area (Å²) in [6.07, 6.45) is 0. The van der Waals surface area contributed by atoms with Gasteiger partial charge in [0.2, 0.25) is 0 Å². The number of Topliss-reactive ketones (excluding diaryl/α,β-unsaturated/α-hetero) is 1. The topological polar surface area (TPSA) is 47.8 Å². The molecule has 0 unspecified atom stereocenters.